The number of rotatable bonds is 5. The minimum Gasteiger partial charge on any atom is -0.298 e. The summed E-state index contributed by atoms with van der Waals surface area (Å²) >= 11 is 0. The maximum atomic E-state index is 4.29. The van der Waals surface area contributed by atoms with Gasteiger partial charge in [0.25, 0.3) is 0 Å². The van der Waals surface area contributed by atoms with Gasteiger partial charge in [-0.15, -0.1) is 0 Å². The molecule has 0 rings (SSSR count). The number of hydrogen-bond donors (Lipinski definition) is 0. The molecular weight excluding hydrogens is 148 g/mol. The highest BCUT2D eigenvalue weighted by molar-refractivity contribution is 5.77. The molecule has 0 fully saturated rings. The topological polar surface area (TPSA) is 15.6 Å². The van der Waals surface area contributed by atoms with Gasteiger partial charge in [-0.25, -0.2) is 0 Å². The first-order valence-electron chi connectivity index (χ1n) is 4.59. The molecule has 0 saturated heterocycles. The Morgan fingerprint density at radius 2 is 1.92 bits per heavy atom. The van der Waals surface area contributed by atoms with E-state index >= 15 is 0 Å². The van der Waals surface area contributed by atoms with E-state index in [0.29, 0.717) is 5.92 Å². The molecule has 0 heterocycles. The molecule has 0 bridgehead atoms. The maximum absolute atomic E-state index is 4.29. The van der Waals surface area contributed by atoms with Crippen LogP contribution in [-0.4, -0.2) is 24.3 Å². The van der Waals surface area contributed by atoms with Crippen molar-refractivity contribution in [3.63, 3.8) is 0 Å². The lowest BCUT2D eigenvalue weighted by atomic mass is 10.1. The van der Waals surface area contributed by atoms with Crippen molar-refractivity contribution >= 4 is 6.21 Å². The van der Waals surface area contributed by atoms with Crippen molar-refractivity contribution in [3.05, 3.63) is 12.2 Å². The summed E-state index contributed by atoms with van der Waals surface area (Å²) in [5, 5.41) is 6.30. The second-order valence-electron chi connectivity index (χ2n) is 3.11. The normalized spacial score (nSPS) is 11.1. The molecule has 0 unspecified atom stereocenters. The maximum Gasteiger partial charge on any atom is 0.0499 e. The lowest BCUT2D eigenvalue weighted by Crippen LogP contribution is -2.16. The van der Waals surface area contributed by atoms with E-state index in [0.717, 1.165) is 18.7 Å². The third-order valence-corrected chi connectivity index (χ3v) is 1.86. The summed E-state index contributed by atoms with van der Waals surface area (Å²) < 4.78 is 0. The van der Waals surface area contributed by atoms with Crippen LogP contribution in [0.5, 0.6) is 0 Å². The monoisotopic (exact) mass is 168 g/mol. The Morgan fingerprint density at radius 1 is 1.42 bits per heavy atom. The van der Waals surface area contributed by atoms with Crippen LogP contribution in [-0.2, 0) is 0 Å². The molecule has 0 aromatic rings. The van der Waals surface area contributed by atoms with Crippen LogP contribution in [0.4, 0.5) is 0 Å². The molecule has 0 N–H and O–H groups in total. The first-order valence-corrected chi connectivity index (χ1v) is 4.59. The molecule has 0 aromatic heterocycles. The van der Waals surface area contributed by atoms with Crippen LogP contribution in [0.25, 0.3) is 0 Å². The molecule has 0 atom stereocenters. The van der Waals surface area contributed by atoms with Gasteiger partial charge in [0.2, 0.25) is 0 Å². The van der Waals surface area contributed by atoms with Crippen LogP contribution in [0.1, 0.15) is 27.7 Å². The Labute approximate surface area is 76.0 Å². The average Bonchev–Trinajstić information content (AvgIpc) is 2.05. The molecule has 0 aliphatic carbocycles. The first-order chi connectivity index (χ1) is 5.61. The molecular formula is C10H20N2. The fourth-order valence-electron chi connectivity index (χ4n) is 0.692. The van der Waals surface area contributed by atoms with E-state index in [9.17, 15) is 0 Å². The Hall–Kier alpha value is -0.790. The van der Waals surface area contributed by atoms with E-state index in [1.165, 1.54) is 0 Å². The van der Waals surface area contributed by atoms with E-state index in [1.54, 1.807) is 0 Å². The second kappa shape index (κ2) is 5.81. The van der Waals surface area contributed by atoms with Crippen molar-refractivity contribution in [2.75, 3.05) is 13.1 Å². The van der Waals surface area contributed by atoms with Gasteiger partial charge in [-0.3, -0.25) is 5.01 Å². The molecule has 0 radical (unpaired) electrons. The van der Waals surface area contributed by atoms with Gasteiger partial charge in [-0.2, -0.15) is 5.10 Å². The summed E-state index contributed by atoms with van der Waals surface area (Å²) in [6.45, 7) is 14.3. The van der Waals surface area contributed by atoms with Gasteiger partial charge in [-0.1, -0.05) is 20.4 Å². The third kappa shape index (κ3) is 4.16. The van der Waals surface area contributed by atoms with E-state index < -0.39 is 0 Å². The van der Waals surface area contributed by atoms with Gasteiger partial charge in [0, 0.05) is 19.3 Å². The molecule has 70 valence electrons. The summed E-state index contributed by atoms with van der Waals surface area (Å²) in [6.07, 6.45) is 1.86. The molecule has 0 saturated carbocycles. The Kier molecular flexibility index (Phi) is 5.43. The van der Waals surface area contributed by atoms with Crippen molar-refractivity contribution in [2.24, 2.45) is 11.0 Å². The van der Waals surface area contributed by atoms with Crippen LogP contribution in [0.3, 0.4) is 0 Å². The summed E-state index contributed by atoms with van der Waals surface area (Å²) in [5.74, 6) is 0.490. The molecule has 0 aromatic carbocycles. The van der Waals surface area contributed by atoms with Crippen LogP contribution in [0.2, 0.25) is 0 Å². The van der Waals surface area contributed by atoms with Crippen molar-refractivity contribution in [1.29, 1.82) is 0 Å². The van der Waals surface area contributed by atoms with E-state index in [4.69, 9.17) is 0 Å². The third-order valence-electron chi connectivity index (χ3n) is 1.86. The highest BCUT2D eigenvalue weighted by atomic mass is 15.4. The van der Waals surface area contributed by atoms with E-state index in [1.807, 2.05) is 11.2 Å². The summed E-state index contributed by atoms with van der Waals surface area (Å²) in [6, 6.07) is 0. The minimum atomic E-state index is 0.490. The van der Waals surface area contributed by atoms with E-state index in [-0.39, 0.29) is 0 Å². The smallest absolute Gasteiger partial charge is 0.0499 e. The summed E-state index contributed by atoms with van der Waals surface area (Å²) in [4.78, 5) is 0. The Balaban J connectivity index is 3.95. The Bertz CT molecular complexity index is 155. The van der Waals surface area contributed by atoms with E-state index in [2.05, 4.69) is 39.4 Å². The number of nitrogens with zero attached hydrogens (tertiary/aromatic N) is 2. The first kappa shape index (κ1) is 11.2. The summed E-state index contributed by atoms with van der Waals surface area (Å²) in [5.41, 5.74) is 1.09. The van der Waals surface area contributed by atoms with Crippen LogP contribution in [0, 0.1) is 5.92 Å². The predicted molar refractivity (Wildman–Crippen MR) is 55.4 cm³/mol. The van der Waals surface area contributed by atoms with Crippen molar-refractivity contribution < 1.29 is 0 Å². The van der Waals surface area contributed by atoms with Crippen molar-refractivity contribution in [2.45, 2.75) is 27.7 Å². The highest BCUT2D eigenvalue weighted by Gasteiger charge is 1.96. The lowest BCUT2D eigenvalue weighted by molar-refractivity contribution is 0.323. The molecule has 0 spiro atoms. The van der Waals surface area contributed by atoms with Gasteiger partial charge < -0.3 is 0 Å². The minimum absolute atomic E-state index is 0.490. The molecule has 0 amide bonds. The van der Waals surface area contributed by atoms with Gasteiger partial charge in [0.15, 0.2) is 0 Å². The Morgan fingerprint density at radius 3 is 2.25 bits per heavy atom. The van der Waals surface area contributed by atoms with Gasteiger partial charge in [0.1, 0.15) is 0 Å². The quantitative estimate of drug-likeness (QED) is 0.455. The van der Waals surface area contributed by atoms with Crippen molar-refractivity contribution in [3.8, 4) is 0 Å². The second-order valence-corrected chi connectivity index (χ2v) is 3.11. The molecule has 2 heteroatoms. The lowest BCUT2D eigenvalue weighted by Gasteiger charge is -2.13. The molecule has 2 nitrogen and oxygen atoms in total. The zero-order valence-electron chi connectivity index (χ0n) is 8.67. The molecule has 0 aliphatic heterocycles. The number of allylic oxidation sites excluding steroid dienone is 1. The molecule has 0 aliphatic rings. The van der Waals surface area contributed by atoms with Crippen LogP contribution in [0.15, 0.2) is 17.3 Å². The molecule has 12 heavy (non-hydrogen) atoms. The number of hydrogen-bond acceptors (Lipinski definition) is 2. The zero-order valence-corrected chi connectivity index (χ0v) is 8.67. The van der Waals surface area contributed by atoms with Gasteiger partial charge in [-0.05, 0) is 25.3 Å². The van der Waals surface area contributed by atoms with Crippen molar-refractivity contribution in [1.82, 2.24) is 5.01 Å². The van der Waals surface area contributed by atoms with Crippen LogP contribution < -0.4 is 0 Å². The fourth-order valence-corrected chi connectivity index (χ4v) is 0.692. The predicted octanol–water partition coefficient (Wildman–Crippen LogP) is 2.53. The van der Waals surface area contributed by atoms with Gasteiger partial charge in [0.05, 0.1) is 0 Å². The SMILES string of the molecule is C=C(/C=N/N(CC)CC)C(C)C. The highest BCUT2D eigenvalue weighted by Crippen LogP contribution is 2.03. The zero-order chi connectivity index (χ0) is 9.56. The fraction of sp³-hybridized carbons (Fsp3) is 0.700. The standard InChI is InChI=1S/C10H20N2/c1-6-12(7-2)11-8-10(5)9(3)4/h8-9H,5-7H2,1-4H3/b11-8+. The van der Waals surface area contributed by atoms with Crippen LogP contribution >= 0.6 is 0 Å². The summed E-state index contributed by atoms with van der Waals surface area (Å²) in [7, 11) is 0. The average molecular weight is 168 g/mol. The van der Waals surface area contributed by atoms with Gasteiger partial charge >= 0.3 is 0 Å². The number of hydrazone groups is 1. The largest absolute Gasteiger partial charge is 0.298 e.